The molecular formula is C8H16N2O2. The Hall–Kier alpha value is -0.610. The maximum atomic E-state index is 11.3. The van der Waals surface area contributed by atoms with E-state index in [4.69, 9.17) is 10.5 Å². The average Bonchev–Trinajstić information content (AvgIpc) is 2.05. The quantitative estimate of drug-likeness (QED) is 0.615. The van der Waals surface area contributed by atoms with Gasteiger partial charge in [-0.25, -0.2) is 0 Å². The van der Waals surface area contributed by atoms with Gasteiger partial charge in [0.1, 0.15) is 6.61 Å². The van der Waals surface area contributed by atoms with Gasteiger partial charge in [0.05, 0.1) is 6.61 Å². The minimum Gasteiger partial charge on any atom is -0.370 e. The standard InChI is InChI=1S/C8H16N2O2/c1-8(2,6-9)10-3-4-12-5-7(10)11/h3-6,9H2,1-2H3. The summed E-state index contributed by atoms with van der Waals surface area (Å²) in [6, 6.07) is 0. The van der Waals surface area contributed by atoms with Crippen molar-refractivity contribution in [3.05, 3.63) is 0 Å². The molecule has 1 aliphatic heterocycles. The first kappa shape index (κ1) is 9.48. The number of morpholine rings is 1. The molecule has 12 heavy (non-hydrogen) atoms. The summed E-state index contributed by atoms with van der Waals surface area (Å²) in [6.07, 6.45) is 0. The predicted molar refractivity (Wildman–Crippen MR) is 45.7 cm³/mol. The van der Waals surface area contributed by atoms with Crippen molar-refractivity contribution in [2.75, 3.05) is 26.3 Å². The topological polar surface area (TPSA) is 55.6 Å². The Morgan fingerprint density at radius 2 is 2.33 bits per heavy atom. The third-order valence-corrected chi connectivity index (χ3v) is 2.22. The van der Waals surface area contributed by atoms with E-state index in [1.54, 1.807) is 4.90 Å². The van der Waals surface area contributed by atoms with E-state index in [9.17, 15) is 4.79 Å². The molecule has 2 N–H and O–H groups in total. The van der Waals surface area contributed by atoms with Crippen molar-refractivity contribution in [1.82, 2.24) is 4.90 Å². The Kier molecular flexibility index (Phi) is 2.69. The van der Waals surface area contributed by atoms with E-state index >= 15 is 0 Å². The molecule has 1 rings (SSSR count). The molecule has 4 nitrogen and oxygen atoms in total. The lowest BCUT2D eigenvalue weighted by Gasteiger charge is -2.39. The molecular weight excluding hydrogens is 156 g/mol. The summed E-state index contributed by atoms with van der Waals surface area (Å²) < 4.78 is 5.02. The fourth-order valence-electron chi connectivity index (χ4n) is 1.27. The van der Waals surface area contributed by atoms with Crippen molar-refractivity contribution in [3.63, 3.8) is 0 Å². The lowest BCUT2D eigenvalue weighted by Crippen LogP contribution is -2.56. The highest BCUT2D eigenvalue weighted by atomic mass is 16.5. The highest BCUT2D eigenvalue weighted by Gasteiger charge is 2.31. The number of carbonyl (C=O) groups is 1. The van der Waals surface area contributed by atoms with Crippen LogP contribution in [0, 0.1) is 0 Å². The van der Waals surface area contributed by atoms with Gasteiger partial charge in [0, 0.05) is 18.6 Å². The van der Waals surface area contributed by atoms with Crippen molar-refractivity contribution in [1.29, 1.82) is 0 Å². The first-order valence-electron chi connectivity index (χ1n) is 4.16. The van der Waals surface area contributed by atoms with Crippen molar-refractivity contribution in [2.24, 2.45) is 5.73 Å². The summed E-state index contributed by atoms with van der Waals surface area (Å²) in [5.41, 5.74) is 5.33. The van der Waals surface area contributed by atoms with Crippen LogP contribution < -0.4 is 5.73 Å². The van der Waals surface area contributed by atoms with Gasteiger partial charge in [-0.3, -0.25) is 4.79 Å². The number of hydrogen-bond donors (Lipinski definition) is 1. The summed E-state index contributed by atoms with van der Waals surface area (Å²) in [5.74, 6) is 0.0386. The summed E-state index contributed by atoms with van der Waals surface area (Å²) in [7, 11) is 0. The van der Waals surface area contributed by atoms with Crippen LogP contribution in [0.1, 0.15) is 13.8 Å². The Labute approximate surface area is 72.7 Å². The fraction of sp³-hybridized carbons (Fsp3) is 0.875. The molecule has 0 radical (unpaired) electrons. The fourth-order valence-corrected chi connectivity index (χ4v) is 1.27. The molecule has 0 aromatic rings. The van der Waals surface area contributed by atoms with Gasteiger partial charge >= 0.3 is 0 Å². The molecule has 0 aromatic carbocycles. The Balaban J connectivity index is 2.65. The minimum atomic E-state index is -0.235. The van der Waals surface area contributed by atoms with Crippen LogP contribution in [0.2, 0.25) is 0 Å². The smallest absolute Gasteiger partial charge is 0.249 e. The number of hydrogen-bond acceptors (Lipinski definition) is 3. The second-order valence-electron chi connectivity index (χ2n) is 3.61. The van der Waals surface area contributed by atoms with E-state index in [0.29, 0.717) is 19.7 Å². The van der Waals surface area contributed by atoms with Crippen LogP contribution in [-0.2, 0) is 9.53 Å². The second kappa shape index (κ2) is 3.41. The minimum absolute atomic E-state index is 0.0386. The number of nitrogens with two attached hydrogens (primary N) is 1. The number of carbonyl (C=O) groups excluding carboxylic acids is 1. The molecule has 0 unspecified atom stereocenters. The van der Waals surface area contributed by atoms with E-state index in [1.807, 2.05) is 13.8 Å². The van der Waals surface area contributed by atoms with Crippen molar-refractivity contribution < 1.29 is 9.53 Å². The van der Waals surface area contributed by atoms with Gasteiger partial charge in [-0.15, -0.1) is 0 Å². The predicted octanol–water partition coefficient (Wildman–Crippen LogP) is -0.417. The van der Waals surface area contributed by atoms with Crippen LogP contribution in [0.3, 0.4) is 0 Å². The monoisotopic (exact) mass is 172 g/mol. The van der Waals surface area contributed by atoms with Gasteiger partial charge in [0.15, 0.2) is 0 Å². The molecule has 0 bridgehead atoms. The molecule has 1 saturated heterocycles. The van der Waals surface area contributed by atoms with E-state index in [0.717, 1.165) is 0 Å². The normalized spacial score (nSPS) is 19.9. The van der Waals surface area contributed by atoms with Crippen LogP contribution in [-0.4, -0.2) is 42.6 Å². The van der Waals surface area contributed by atoms with Gasteiger partial charge in [-0.05, 0) is 13.8 Å². The average molecular weight is 172 g/mol. The molecule has 1 aliphatic rings. The van der Waals surface area contributed by atoms with Gasteiger partial charge in [0.25, 0.3) is 0 Å². The number of ether oxygens (including phenoxy) is 1. The van der Waals surface area contributed by atoms with Crippen LogP contribution in [0.5, 0.6) is 0 Å². The highest BCUT2D eigenvalue weighted by Crippen LogP contribution is 2.14. The van der Waals surface area contributed by atoms with Gasteiger partial charge < -0.3 is 15.4 Å². The maximum Gasteiger partial charge on any atom is 0.249 e. The van der Waals surface area contributed by atoms with E-state index in [1.165, 1.54) is 0 Å². The number of nitrogens with zero attached hydrogens (tertiary/aromatic N) is 1. The zero-order valence-corrected chi connectivity index (χ0v) is 7.67. The zero-order chi connectivity index (χ0) is 9.19. The molecule has 70 valence electrons. The molecule has 0 saturated carbocycles. The SMILES string of the molecule is CC(C)(CN)N1CCOCC1=O. The summed E-state index contributed by atoms with van der Waals surface area (Å²) in [4.78, 5) is 13.1. The van der Waals surface area contributed by atoms with Gasteiger partial charge in [0.2, 0.25) is 5.91 Å². The largest absolute Gasteiger partial charge is 0.370 e. The summed E-state index contributed by atoms with van der Waals surface area (Å²) >= 11 is 0. The molecule has 1 heterocycles. The molecule has 4 heteroatoms. The Morgan fingerprint density at radius 1 is 1.67 bits per heavy atom. The van der Waals surface area contributed by atoms with Crippen molar-refractivity contribution >= 4 is 5.91 Å². The van der Waals surface area contributed by atoms with Crippen LogP contribution in [0.15, 0.2) is 0 Å². The number of amides is 1. The molecule has 0 atom stereocenters. The third-order valence-electron chi connectivity index (χ3n) is 2.22. The highest BCUT2D eigenvalue weighted by molar-refractivity contribution is 5.78. The molecule has 1 fully saturated rings. The zero-order valence-electron chi connectivity index (χ0n) is 7.67. The molecule has 0 aromatic heterocycles. The van der Waals surface area contributed by atoms with Gasteiger partial charge in [-0.2, -0.15) is 0 Å². The van der Waals surface area contributed by atoms with Crippen molar-refractivity contribution in [2.45, 2.75) is 19.4 Å². The van der Waals surface area contributed by atoms with E-state index in [-0.39, 0.29) is 18.1 Å². The number of rotatable bonds is 2. The first-order valence-corrected chi connectivity index (χ1v) is 4.16. The maximum absolute atomic E-state index is 11.3. The lowest BCUT2D eigenvalue weighted by atomic mass is 10.0. The van der Waals surface area contributed by atoms with Crippen molar-refractivity contribution in [3.8, 4) is 0 Å². The van der Waals surface area contributed by atoms with E-state index < -0.39 is 0 Å². The molecule has 1 amide bonds. The van der Waals surface area contributed by atoms with Crippen LogP contribution in [0.25, 0.3) is 0 Å². The first-order chi connectivity index (χ1) is 5.58. The lowest BCUT2D eigenvalue weighted by molar-refractivity contribution is -0.149. The van der Waals surface area contributed by atoms with E-state index in [2.05, 4.69) is 0 Å². The van der Waals surface area contributed by atoms with Crippen LogP contribution >= 0.6 is 0 Å². The van der Waals surface area contributed by atoms with Crippen LogP contribution in [0.4, 0.5) is 0 Å². The Morgan fingerprint density at radius 3 is 2.83 bits per heavy atom. The third kappa shape index (κ3) is 1.76. The molecule has 0 spiro atoms. The molecule has 0 aliphatic carbocycles. The second-order valence-corrected chi connectivity index (χ2v) is 3.61. The summed E-state index contributed by atoms with van der Waals surface area (Å²) in [6.45, 7) is 5.90. The van der Waals surface area contributed by atoms with Gasteiger partial charge in [-0.1, -0.05) is 0 Å². The summed E-state index contributed by atoms with van der Waals surface area (Å²) in [5, 5.41) is 0. The Bertz CT molecular complexity index is 180.